The van der Waals surface area contributed by atoms with Gasteiger partial charge in [0.25, 0.3) is 5.56 Å². The number of benzene rings is 1. The molecule has 0 saturated heterocycles. The molecule has 0 bridgehead atoms. The summed E-state index contributed by atoms with van der Waals surface area (Å²) in [6.07, 6.45) is 5.27. The molecule has 1 aromatic carbocycles. The fraction of sp³-hybridized carbons (Fsp3) is 0.409. The molecule has 7 nitrogen and oxygen atoms in total. The summed E-state index contributed by atoms with van der Waals surface area (Å²) in [7, 11) is 1.66. The molecular formula is C22H28N4O3. The van der Waals surface area contributed by atoms with Gasteiger partial charge in [0, 0.05) is 13.1 Å². The molecule has 0 aliphatic carbocycles. The SMILES string of the molecule is CCCn1c(=O)c2[nH]c(C=Cc3ccc(OC)c(C)c3C)nc2n(CCC)c1=O. The van der Waals surface area contributed by atoms with Gasteiger partial charge in [-0.05, 0) is 55.5 Å². The molecular weight excluding hydrogens is 368 g/mol. The lowest BCUT2D eigenvalue weighted by Crippen LogP contribution is -2.40. The molecule has 1 N–H and O–H groups in total. The van der Waals surface area contributed by atoms with E-state index >= 15 is 0 Å². The molecule has 0 saturated carbocycles. The maximum absolute atomic E-state index is 12.8. The van der Waals surface area contributed by atoms with Crippen LogP contribution in [-0.2, 0) is 13.1 Å². The van der Waals surface area contributed by atoms with E-state index in [1.54, 1.807) is 11.7 Å². The Morgan fingerprint density at radius 3 is 2.38 bits per heavy atom. The third-order valence-electron chi connectivity index (χ3n) is 5.19. The molecule has 0 amide bonds. The summed E-state index contributed by atoms with van der Waals surface area (Å²) >= 11 is 0. The highest BCUT2D eigenvalue weighted by molar-refractivity contribution is 5.76. The lowest BCUT2D eigenvalue weighted by Gasteiger charge is -2.09. The number of rotatable bonds is 7. The Morgan fingerprint density at radius 1 is 1.03 bits per heavy atom. The molecule has 0 aliphatic heterocycles. The van der Waals surface area contributed by atoms with Gasteiger partial charge in [-0.15, -0.1) is 0 Å². The largest absolute Gasteiger partial charge is 0.496 e. The zero-order chi connectivity index (χ0) is 21.1. The van der Waals surface area contributed by atoms with Crippen LogP contribution in [-0.4, -0.2) is 26.2 Å². The van der Waals surface area contributed by atoms with E-state index in [9.17, 15) is 9.59 Å². The summed E-state index contributed by atoms with van der Waals surface area (Å²) in [5.41, 5.74) is 3.41. The Labute approximate surface area is 169 Å². The monoisotopic (exact) mass is 396 g/mol. The molecule has 0 radical (unpaired) electrons. The van der Waals surface area contributed by atoms with E-state index < -0.39 is 0 Å². The van der Waals surface area contributed by atoms with Crippen LogP contribution in [0.4, 0.5) is 0 Å². The van der Waals surface area contributed by atoms with Crippen LogP contribution in [0.2, 0.25) is 0 Å². The molecule has 0 fully saturated rings. The minimum Gasteiger partial charge on any atom is -0.496 e. The first-order chi connectivity index (χ1) is 13.9. The zero-order valence-corrected chi connectivity index (χ0v) is 17.7. The predicted octanol–water partition coefficient (Wildman–Crippen LogP) is 3.50. The fourth-order valence-corrected chi connectivity index (χ4v) is 3.50. The number of aromatic amines is 1. The van der Waals surface area contributed by atoms with Crippen molar-refractivity contribution in [3.8, 4) is 5.75 Å². The first-order valence-electron chi connectivity index (χ1n) is 9.98. The smallest absolute Gasteiger partial charge is 0.332 e. The fourth-order valence-electron chi connectivity index (χ4n) is 3.50. The second-order valence-electron chi connectivity index (χ2n) is 7.15. The number of aryl methyl sites for hydroxylation is 1. The van der Waals surface area contributed by atoms with Crippen LogP contribution >= 0.6 is 0 Å². The van der Waals surface area contributed by atoms with E-state index in [0.29, 0.717) is 36.5 Å². The number of hydrogen-bond acceptors (Lipinski definition) is 4. The number of nitrogens with one attached hydrogen (secondary N) is 1. The van der Waals surface area contributed by atoms with Crippen LogP contribution in [0.5, 0.6) is 5.75 Å². The van der Waals surface area contributed by atoms with Crippen LogP contribution in [0.1, 0.15) is 49.2 Å². The number of imidazole rings is 1. The molecule has 3 rings (SSSR count). The van der Waals surface area contributed by atoms with Crippen molar-refractivity contribution in [1.82, 2.24) is 19.1 Å². The Hall–Kier alpha value is -3.09. The van der Waals surface area contributed by atoms with E-state index in [-0.39, 0.29) is 11.2 Å². The molecule has 29 heavy (non-hydrogen) atoms. The Balaban J connectivity index is 2.10. The van der Waals surface area contributed by atoms with E-state index in [0.717, 1.165) is 28.9 Å². The van der Waals surface area contributed by atoms with Crippen molar-refractivity contribution in [2.24, 2.45) is 0 Å². The lowest BCUT2D eigenvalue weighted by atomic mass is 10.0. The van der Waals surface area contributed by atoms with Gasteiger partial charge >= 0.3 is 5.69 Å². The number of H-pyrrole nitrogens is 1. The summed E-state index contributed by atoms with van der Waals surface area (Å²) in [5.74, 6) is 1.40. The van der Waals surface area contributed by atoms with Gasteiger partial charge in [0.2, 0.25) is 0 Å². The van der Waals surface area contributed by atoms with Crippen LogP contribution in [0.15, 0.2) is 21.7 Å². The molecule has 154 valence electrons. The first-order valence-corrected chi connectivity index (χ1v) is 9.98. The molecule has 2 heterocycles. The lowest BCUT2D eigenvalue weighted by molar-refractivity contribution is 0.411. The second-order valence-corrected chi connectivity index (χ2v) is 7.15. The van der Waals surface area contributed by atoms with Gasteiger partial charge in [-0.3, -0.25) is 13.9 Å². The van der Waals surface area contributed by atoms with Gasteiger partial charge < -0.3 is 9.72 Å². The first kappa shape index (κ1) is 20.6. The Kier molecular flexibility index (Phi) is 6.06. The van der Waals surface area contributed by atoms with Gasteiger partial charge in [-0.2, -0.15) is 0 Å². The maximum atomic E-state index is 12.8. The van der Waals surface area contributed by atoms with E-state index in [2.05, 4.69) is 9.97 Å². The summed E-state index contributed by atoms with van der Waals surface area (Å²) in [5, 5.41) is 0. The van der Waals surface area contributed by atoms with Gasteiger partial charge in [-0.25, -0.2) is 9.78 Å². The number of aromatic nitrogens is 4. The molecule has 0 spiro atoms. The average Bonchev–Trinajstić information content (AvgIpc) is 3.14. The predicted molar refractivity (Wildman–Crippen MR) is 117 cm³/mol. The zero-order valence-electron chi connectivity index (χ0n) is 17.7. The van der Waals surface area contributed by atoms with Crippen molar-refractivity contribution in [3.63, 3.8) is 0 Å². The normalized spacial score (nSPS) is 11.6. The number of fused-ring (bicyclic) bond motifs is 1. The van der Waals surface area contributed by atoms with Gasteiger partial charge in [0.15, 0.2) is 5.65 Å². The summed E-state index contributed by atoms with van der Waals surface area (Å²) in [6, 6.07) is 3.92. The number of nitrogens with zero attached hydrogens (tertiary/aromatic N) is 3. The van der Waals surface area contributed by atoms with Crippen molar-refractivity contribution in [2.75, 3.05) is 7.11 Å². The van der Waals surface area contributed by atoms with Gasteiger partial charge in [-0.1, -0.05) is 26.0 Å². The summed E-state index contributed by atoms with van der Waals surface area (Å²) in [6.45, 7) is 8.91. The molecule has 0 aliphatic rings. The van der Waals surface area contributed by atoms with E-state index in [1.807, 2.05) is 52.0 Å². The Morgan fingerprint density at radius 2 is 1.72 bits per heavy atom. The quantitative estimate of drug-likeness (QED) is 0.663. The minimum atomic E-state index is -0.317. The molecule has 0 atom stereocenters. The van der Waals surface area contributed by atoms with Crippen molar-refractivity contribution in [1.29, 1.82) is 0 Å². The van der Waals surface area contributed by atoms with E-state index in [1.165, 1.54) is 4.57 Å². The van der Waals surface area contributed by atoms with Gasteiger partial charge in [0.1, 0.15) is 17.1 Å². The highest BCUT2D eigenvalue weighted by atomic mass is 16.5. The second kappa shape index (κ2) is 8.51. The van der Waals surface area contributed by atoms with Crippen LogP contribution in [0.25, 0.3) is 23.3 Å². The van der Waals surface area contributed by atoms with Crippen molar-refractivity contribution in [2.45, 2.75) is 53.6 Å². The van der Waals surface area contributed by atoms with Crippen LogP contribution in [0, 0.1) is 13.8 Å². The molecule has 7 heteroatoms. The van der Waals surface area contributed by atoms with Gasteiger partial charge in [0.05, 0.1) is 7.11 Å². The number of hydrogen-bond donors (Lipinski definition) is 1. The highest BCUT2D eigenvalue weighted by Crippen LogP contribution is 2.25. The van der Waals surface area contributed by atoms with Crippen LogP contribution in [0.3, 0.4) is 0 Å². The highest BCUT2D eigenvalue weighted by Gasteiger charge is 2.16. The maximum Gasteiger partial charge on any atom is 0.332 e. The Bertz CT molecular complexity index is 1180. The molecule has 0 unspecified atom stereocenters. The minimum absolute atomic E-state index is 0.296. The van der Waals surface area contributed by atoms with Crippen molar-refractivity contribution >= 4 is 23.3 Å². The molecule has 2 aromatic heterocycles. The number of ether oxygens (including phenoxy) is 1. The standard InChI is InChI=1S/C22H28N4O3/c1-6-12-25-20-19(21(27)26(13-7-2)22(25)28)23-18(24-20)11-9-16-8-10-17(29-5)15(4)14(16)3/h8-11H,6-7,12-13H2,1-5H3,(H,23,24). The van der Waals surface area contributed by atoms with Crippen molar-refractivity contribution < 1.29 is 4.74 Å². The van der Waals surface area contributed by atoms with Crippen LogP contribution < -0.4 is 16.0 Å². The summed E-state index contributed by atoms with van der Waals surface area (Å²) in [4.78, 5) is 33.2. The third kappa shape index (κ3) is 3.77. The van der Waals surface area contributed by atoms with Crippen molar-refractivity contribution in [3.05, 3.63) is 55.5 Å². The topological polar surface area (TPSA) is 81.9 Å². The average molecular weight is 396 g/mol. The third-order valence-corrected chi connectivity index (χ3v) is 5.19. The number of methoxy groups -OCH3 is 1. The summed E-state index contributed by atoms with van der Waals surface area (Å²) < 4.78 is 8.24. The molecule has 3 aromatic rings. The van der Waals surface area contributed by atoms with E-state index in [4.69, 9.17) is 4.74 Å².